The number of thioether (sulfide) groups is 1. The van der Waals surface area contributed by atoms with Crippen LogP contribution in [-0.4, -0.2) is 23.0 Å². The normalized spacial score (nSPS) is 23.0. The van der Waals surface area contributed by atoms with Crippen LogP contribution in [0.3, 0.4) is 0 Å². The molecule has 1 aliphatic heterocycles. The Balaban J connectivity index is 1.99. The summed E-state index contributed by atoms with van der Waals surface area (Å²) in [6, 6.07) is 3.84. The summed E-state index contributed by atoms with van der Waals surface area (Å²) in [6.07, 6.45) is 2.30. The van der Waals surface area contributed by atoms with E-state index in [1.165, 1.54) is 24.6 Å². The smallest absolute Gasteiger partial charge is 0.253 e. The molecule has 0 aromatic heterocycles. The van der Waals surface area contributed by atoms with Gasteiger partial charge in [-0.05, 0) is 43.7 Å². The molecule has 0 spiro atoms. The predicted molar refractivity (Wildman–Crippen MR) is 73.2 cm³/mol. The third-order valence-electron chi connectivity index (χ3n) is 3.18. The van der Waals surface area contributed by atoms with Crippen molar-refractivity contribution in [1.29, 1.82) is 0 Å². The van der Waals surface area contributed by atoms with Crippen LogP contribution in [0, 0.1) is 5.82 Å². The first kappa shape index (κ1) is 13.2. The highest BCUT2D eigenvalue weighted by Crippen LogP contribution is 2.37. The van der Waals surface area contributed by atoms with Gasteiger partial charge in [0.1, 0.15) is 5.82 Å². The minimum Gasteiger partial charge on any atom is -0.398 e. The number of rotatable bonds is 3. The Morgan fingerprint density at radius 1 is 1.61 bits per heavy atom. The van der Waals surface area contributed by atoms with E-state index in [-0.39, 0.29) is 16.3 Å². The number of nitrogens with two attached hydrogens (primary N) is 1. The summed E-state index contributed by atoms with van der Waals surface area (Å²) in [4.78, 5) is 12.0. The molecule has 1 aromatic carbocycles. The van der Waals surface area contributed by atoms with E-state index < -0.39 is 5.82 Å². The predicted octanol–water partition coefficient (Wildman–Crippen LogP) is 2.42. The summed E-state index contributed by atoms with van der Waals surface area (Å²) in [7, 11) is 0. The number of anilines is 1. The molecule has 98 valence electrons. The number of halogens is 1. The van der Waals surface area contributed by atoms with Crippen molar-refractivity contribution < 1.29 is 9.18 Å². The summed E-state index contributed by atoms with van der Waals surface area (Å²) < 4.78 is 13.0. The van der Waals surface area contributed by atoms with Crippen LogP contribution in [-0.2, 0) is 0 Å². The van der Waals surface area contributed by atoms with E-state index in [1.54, 1.807) is 0 Å². The molecular weight excluding hydrogens is 251 g/mol. The van der Waals surface area contributed by atoms with Gasteiger partial charge in [-0.25, -0.2) is 4.39 Å². The molecule has 1 saturated heterocycles. The zero-order valence-electron chi connectivity index (χ0n) is 10.3. The summed E-state index contributed by atoms with van der Waals surface area (Å²) in [5.74, 6) is 0.481. The lowest BCUT2D eigenvalue weighted by atomic mass is 10.1. The van der Waals surface area contributed by atoms with Crippen LogP contribution in [0.5, 0.6) is 0 Å². The van der Waals surface area contributed by atoms with Crippen LogP contribution < -0.4 is 11.1 Å². The van der Waals surface area contributed by atoms with Gasteiger partial charge in [0.2, 0.25) is 0 Å². The number of amides is 1. The fourth-order valence-electron chi connectivity index (χ4n) is 2.08. The molecule has 1 atom stereocenters. The van der Waals surface area contributed by atoms with Gasteiger partial charge in [-0.1, -0.05) is 0 Å². The van der Waals surface area contributed by atoms with Crippen molar-refractivity contribution >= 4 is 23.4 Å². The highest BCUT2D eigenvalue weighted by atomic mass is 32.2. The highest BCUT2D eigenvalue weighted by molar-refractivity contribution is 8.00. The fourth-order valence-corrected chi connectivity index (χ4v) is 3.32. The zero-order valence-corrected chi connectivity index (χ0v) is 11.1. The number of hydrogen-bond acceptors (Lipinski definition) is 3. The molecule has 0 bridgehead atoms. The van der Waals surface area contributed by atoms with Crippen molar-refractivity contribution in [2.75, 3.05) is 18.0 Å². The molecule has 0 radical (unpaired) electrons. The van der Waals surface area contributed by atoms with Crippen molar-refractivity contribution in [3.8, 4) is 0 Å². The van der Waals surface area contributed by atoms with Gasteiger partial charge in [-0.2, -0.15) is 11.8 Å². The first-order valence-corrected chi connectivity index (χ1v) is 6.96. The molecule has 5 heteroatoms. The van der Waals surface area contributed by atoms with Gasteiger partial charge in [0.05, 0.1) is 5.56 Å². The molecule has 2 rings (SSSR count). The first-order chi connectivity index (χ1) is 8.50. The Hall–Kier alpha value is -1.23. The highest BCUT2D eigenvalue weighted by Gasteiger charge is 2.29. The lowest BCUT2D eigenvalue weighted by Crippen LogP contribution is -2.37. The molecule has 0 saturated carbocycles. The maximum absolute atomic E-state index is 12.9. The Morgan fingerprint density at radius 3 is 3.00 bits per heavy atom. The van der Waals surface area contributed by atoms with Crippen LogP contribution in [0.1, 0.15) is 30.1 Å². The number of carbonyl (C=O) groups excluding carboxylic acids is 1. The monoisotopic (exact) mass is 268 g/mol. The minimum absolute atomic E-state index is 0.116. The van der Waals surface area contributed by atoms with Crippen LogP contribution in [0.2, 0.25) is 0 Å². The molecule has 1 amide bonds. The van der Waals surface area contributed by atoms with Crippen LogP contribution in [0.25, 0.3) is 0 Å². The number of nitrogen functional groups attached to an aromatic ring is 1. The molecule has 0 aliphatic carbocycles. The Labute approximate surface area is 110 Å². The minimum atomic E-state index is -0.428. The molecule has 1 fully saturated rings. The first-order valence-electron chi connectivity index (χ1n) is 5.97. The quantitative estimate of drug-likeness (QED) is 0.828. The molecule has 1 heterocycles. The van der Waals surface area contributed by atoms with E-state index in [1.807, 2.05) is 11.8 Å². The topological polar surface area (TPSA) is 55.1 Å². The van der Waals surface area contributed by atoms with Crippen molar-refractivity contribution in [2.45, 2.75) is 24.5 Å². The maximum Gasteiger partial charge on any atom is 0.253 e. The molecular formula is C13H17FN2OS. The Kier molecular flexibility index (Phi) is 3.80. The molecule has 18 heavy (non-hydrogen) atoms. The van der Waals surface area contributed by atoms with E-state index in [0.29, 0.717) is 12.1 Å². The van der Waals surface area contributed by atoms with E-state index >= 15 is 0 Å². The standard InChI is InChI=1S/C13H17FN2OS/c1-13(5-2-6-18-13)8-16-12(17)10-4-3-9(14)7-11(10)15/h3-4,7H,2,5-6,8,15H2,1H3,(H,16,17). The van der Waals surface area contributed by atoms with Gasteiger partial charge < -0.3 is 11.1 Å². The molecule has 1 unspecified atom stereocenters. The second kappa shape index (κ2) is 5.18. The van der Waals surface area contributed by atoms with Gasteiger partial charge in [-0.15, -0.1) is 0 Å². The lowest BCUT2D eigenvalue weighted by Gasteiger charge is -2.23. The van der Waals surface area contributed by atoms with Crippen molar-refractivity contribution in [3.63, 3.8) is 0 Å². The van der Waals surface area contributed by atoms with Gasteiger partial charge in [0, 0.05) is 17.0 Å². The number of carbonyl (C=O) groups is 1. The fraction of sp³-hybridized carbons (Fsp3) is 0.462. The van der Waals surface area contributed by atoms with Gasteiger partial charge in [0.25, 0.3) is 5.91 Å². The average Bonchev–Trinajstić information content (AvgIpc) is 2.74. The van der Waals surface area contributed by atoms with Crippen LogP contribution >= 0.6 is 11.8 Å². The van der Waals surface area contributed by atoms with Crippen molar-refractivity contribution in [1.82, 2.24) is 5.32 Å². The number of hydrogen-bond donors (Lipinski definition) is 2. The zero-order chi connectivity index (χ0) is 13.2. The van der Waals surface area contributed by atoms with Crippen LogP contribution in [0.15, 0.2) is 18.2 Å². The Morgan fingerprint density at radius 2 is 2.39 bits per heavy atom. The number of benzene rings is 1. The van der Waals surface area contributed by atoms with E-state index in [9.17, 15) is 9.18 Å². The second-order valence-electron chi connectivity index (χ2n) is 4.82. The molecule has 3 nitrogen and oxygen atoms in total. The third kappa shape index (κ3) is 2.96. The number of nitrogens with one attached hydrogen (secondary N) is 1. The maximum atomic E-state index is 12.9. The van der Waals surface area contributed by atoms with Crippen molar-refractivity contribution in [3.05, 3.63) is 29.6 Å². The van der Waals surface area contributed by atoms with E-state index in [0.717, 1.165) is 12.2 Å². The van der Waals surface area contributed by atoms with E-state index in [4.69, 9.17) is 5.73 Å². The Bertz CT molecular complexity index is 458. The molecule has 1 aromatic rings. The van der Waals surface area contributed by atoms with Crippen molar-refractivity contribution in [2.24, 2.45) is 0 Å². The van der Waals surface area contributed by atoms with Crippen LogP contribution in [0.4, 0.5) is 10.1 Å². The molecule has 3 N–H and O–H groups in total. The molecule has 1 aliphatic rings. The lowest BCUT2D eigenvalue weighted by molar-refractivity contribution is 0.0951. The van der Waals surface area contributed by atoms with Gasteiger partial charge in [0.15, 0.2) is 0 Å². The van der Waals surface area contributed by atoms with Gasteiger partial charge in [-0.3, -0.25) is 4.79 Å². The summed E-state index contributed by atoms with van der Waals surface area (Å²) >= 11 is 1.88. The second-order valence-corrected chi connectivity index (χ2v) is 6.50. The summed E-state index contributed by atoms with van der Waals surface area (Å²) in [5, 5.41) is 2.88. The third-order valence-corrected chi connectivity index (χ3v) is 4.72. The summed E-state index contributed by atoms with van der Waals surface area (Å²) in [5.41, 5.74) is 6.15. The summed E-state index contributed by atoms with van der Waals surface area (Å²) in [6.45, 7) is 2.77. The largest absolute Gasteiger partial charge is 0.398 e. The SMILES string of the molecule is CC1(CNC(=O)c2ccc(F)cc2N)CCCS1. The van der Waals surface area contributed by atoms with E-state index in [2.05, 4.69) is 12.2 Å². The van der Waals surface area contributed by atoms with Gasteiger partial charge >= 0.3 is 0 Å². The average molecular weight is 268 g/mol.